The molecule has 1 aromatic carbocycles. The molecule has 1 saturated carbocycles. The minimum atomic E-state index is -0.551. The Hall–Kier alpha value is -3.09. The number of hydrogen-bond donors (Lipinski definition) is 3. The molecule has 0 unspecified atom stereocenters. The first-order chi connectivity index (χ1) is 14.5. The van der Waals surface area contributed by atoms with E-state index in [1.54, 1.807) is 19.2 Å². The van der Waals surface area contributed by atoms with Gasteiger partial charge in [0.2, 0.25) is 11.8 Å². The molecule has 1 aliphatic rings. The Bertz CT molecular complexity index is 882. The SMILES string of the molecule is CNC(=O)[C@@H](NC(=O)c1ccc(-c2ccc(CNC(C)=O)cc2)o1)C1CCCCC1. The van der Waals surface area contributed by atoms with Crippen molar-refractivity contribution in [3.63, 3.8) is 0 Å². The van der Waals surface area contributed by atoms with Crippen molar-refractivity contribution >= 4 is 17.7 Å². The molecule has 1 heterocycles. The van der Waals surface area contributed by atoms with E-state index >= 15 is 0 Å². The van der Waals surface area contributed by atoms with E-state index in [2.05, 4.69) is 16.0 Å². The van der Waals surface area contributed by atoms with Gasteiger partial charge in [-0.3, -0.25) is 14.4 Å². The summed E-state index contributed by atoms with van der Waals surface area (Å²) in [6.45, 7) is 1.94. The fourth-order valence-corrected chi connectivity index (χ4v) is 3.86. The van der Waals surface area contributed by atoms with Crippen LogP contribution in [0.25, 0.3) is 11.3 Å². The number of carbonyl (C=O) groups excluding carboxylic acids is 3. The third kappa shape index (κ3) is 5.49. The maximum absolute atomic E-state index is 12.7. The van der Waals surface area contributed by atoms with Crippen molar-refractivity contribution in [2.75, 3.05) is 7.05 Å². The van der Waals surface area contributed by atoms with Crippen LogP contribution in [0.5, 0.6) is 0 Å². The molecule has 1 atom stereocenters. The molecule has 1 aromatic heterocycles. The number of likely N-dealkylation sites (N-methyl/N-ethyl adjacent to an activating group) is 1. The normalized spacial score (nSPS) is 15.3. The number of nitrogens with one attached hydrogen (secondary N) is 3. The molecular formula is C23H29N3O4. The topological polar surface area (TPSA) is 100 Å². The highest BCUT2D eigenvalue weighted by molar-refractivity contribution is 5.96. The van der Waals surface area contributed by atoms with Crippen molar-refractivity contribution in [3.05, 3.63) is 47.7 Å². The van der Waals surface area contributed by atoms with Crippen molar-refractivity contribution in [2.45, 2.75) is 51.6 Å². The van der Waals surface area contributed by atoms with Crippen molar-refractivity contribution in [1.82, 2.24) is 16.0 Å². The van der Waals surface area contributed by atoms with Gasteiger partial charge in [-0.15, -0.1) is 0 Å². The summed E-state index contributed by atoms with van der Waals surface area (Å²) in [6.07, 6.45) is 5.21. The first-order valence-electron chi connectivity index (χ1n) is 10.4. The Balaban J connectivity index is 1.67. The van der Waals surface area contributed by atoms with E-state index in [1.807, 2.05) is 24.3 Å². The molecule has 0 bridgehead atoms. The van der Waals surface area contributed by atoms with Gasteiger partial charge in [-0.05, 0) is 36.5 Å². The highest BCUT2D eigenvalue weighted by atomic mass is 16.4. The summed E-state index contributed by atoms with van der Waals surface area (Å²) < 4.78 is 5.76. The van der Waals surface area contributed by atoms with Crippen LogP contribution >= 0.6 is 0 Å². The van der Waals surface area contributed by atoms with Crippen molar-refractivity contribution in [2.24, 2.45) is 5.92 Å². The van der Waals surface area contributed by atoms with Gasteiger partial charge in [0.15, 0.2) is 5.76 Å². The first kappa shape index (κ1) is 21.6. The van der Waals surface area contributed by atoms with Gasteiger partial charge in [0, 0.05) is 26.1 Å². The first-order valence-corrected chi connectivity index (χ1v) is 10.4. The smallest absolute Gasteiger partial charge is 0.287 e. The van der Waals surface area contributed by atoms with Gasteiger partial charge < -0.3 is 20.4 Å². The van der Waals surface area contributed by atoms with Crippen LogP contribution in [-0.2, 0) is 16.1 Å². The molecule has 0 saturated heterocycles. The molecule has 1 fully saturated rings. The fourth-order valence-electron chi connectivity index (χ4n) is 3.86. The highest BCUT2D eigenvalue weighted by Crippen LogP contribution is 2.27. The van der Waals surface area contributed by atoms with Crippen LogP contribution in [-0.4, -0.2) is 30.8 Å². The Kier molecular flexibility index (Phi) is 7.27. The third-order valence-corrected chi connectivity index (χ3v) is 5.55. The van der Waals surface area contributed by atoms with Crippen molar-refractivity contribution in [3.8, 4) is 11.3 Å². The van der Waals surface area contributed by atoms with E-state index in [-0.39, 0.29) is 29.4 Å². The van der Waals surface area contributed by atoms with Gasteiger partial charge in [0.05, 0.1) is 0 Å². The molecule has 0 spiro atoms. The summed E-state index contributed by atoms with van der Waals surface area (Å²) in [4.78, 5) is 36.1. The molecule has 7 nitrogen and oxygen atoms in total. The van der Waals surface area contributed by atoms with Crippen LogP contribution in [0.3, 0.4) is 0 Å². The van der Waals surface area contributed by atoms with E-state index in [4.69, 9.17) is 4.42 Å². The zero-order valence-electron chi connectivity index (χ0n) is 17.5. The van der Waals surface area contributed by atoms with Gasteiger partial charge in [0.25, 0.3) is 5.91 Å². The minimum Gasteiger partial charge on any atom is -0.451 e. The van der Waals surface area contributed by atoms with Crippen molar-refractivity contribution < 1.29 is 18.8 Å². The second kappa shape index (κ2) is 10.1. The molecular weight excluding hydrogens is 382 g/mol. The molecule has 2 aromatic rings. The molecule has 0 radical (unpaired) electrons. The summed E-state index contributed by atoms with van der Waals surface area (Å²) in [5.74, 6) is 0.259. The van der Waals surface area contributed by atoms with Gasteiger partial charge in [-0.1, -0.05) is 43.5 Å². The average Bonchev–Trinajstić information content (AvgIpc) is 3.27. The van der Waals surface area contributed by atoms with E-state index in [0.717, 1.165) is 36.8 Å². The van der Waals surface area contributed by atoms with E-state index in [9.17, 15) is 14.4 Å². The molecule has 160 valence electrons. The molecule has 0 aliphatic heterocycles. The van der Waals surface area contributed by atoms with Gasteiger partial charge >= 0.3 is 0 Å². The predicted molar refractivity (Wildman–Crippen MR) is 114 cm³/mol. The largest absolute Gasteiger partial charge is 0.451 e. The van der Waals surface area contributed by atoms with E-state index in [1.165, 1.54) is 13.3 Å². The Morgan fingerprint density at radius 3 is 2.37 bits per heavy atom. The maximum atomic E-state index is 12.7. The second-order valence-corrected chi connectivity index (χ2v) is 7.73. The number of benzene rings is 1. The molecule has 3 amide bonds. The van der Waals surface area contributed by atoms with Crippen LogP contribution < -0.4 is 16.0 Å². The van der Waals surface area contributed by atoms with Gasteiger partial charge in [-0.25, -0.2) is 0 Å². The predicted octanol–water partition coefficient (Wildman–Crippen LogP) is 3.01. The van der Waals surface area contributed by atoms with E-state index in [0.29, 0.717) is 12.3 Å². The standard InChI is InChI=1S/C23H29N3O4/c1-15(27)25-14-16-8-10-17(11-9-16)19-12-13-20(30-19)22(28)26-21(23(29)24-2)18-6-4-3-5-7-18/h8-13,18,21H,3-7,14H2,1-2H3,(H,24,29)(H,25,27)(H,26,28)/t21-/m0/s1. The van der Waals surface area contributed by atoms with Crippen LogP contribution in [0.2, 0.25) is 0 Å². The molecule has 3 N–H and O–H groups in total. The van der Waals surface area contributed by atoms with Crippen LogP contribution in [0, 0.1) is 5.92 Å². The van der Waals surface area contributed by atoms with Gasteiger partial charge in [0.1, 0.15) is 11.8 Å². The molecule has 3 rings (SSSR count). The number of hydrogen-bond acceptors (Lipinski definition) is 4. The number of rotatable bonds is 7. The Labute approximate surface area is 176 Å². The maximum Gasteiger partial charge on any atom is 0.287 e. The Morgan fingerprint density at radius 1 is 1.03 bits per heavy atom. The molecule has 7 heteroatoms. The number of carbonyl (C=O) groups is 3. The van der Waals surface area contributed by atoms with Crippen LogP contribution in [0.4, 0.5) is 0 Å². The second-order valence-electron chi connectivity index (χ2n) is 7.73. The van der Waals surface area contributed by atoms with Crippen LogP contribution in [0.1, 0.15) is 55.1 Å². The quantitative estimate of drug-likeness (QED) is 0.652. The lowest BCUT2D eigenvalue weighted by Crippen LogP contribution is -2.50. The Morgan fingerprint density at radius 2 is 1.73 bits per heavy atom. The lowest BCUT2D eigenvalue weighted by molar-refractivity contribution is -0.124. The zero-order chi connectivity index (χ0) is 21.5. The summed E-state index contributed by atoms with van der Waals surface area (Å²) in [6, 6.07) is 10.4. The molecule has 1 aliphatic carbocycles. The third-order valence-electron chi connectivity index (χ3n) is 5.55. The van der Waals surface area contributed by atoms with Crippen LogP contribution in [0.15, 0.2) is 40.8 Å². The summed E-state index contributed by atoms with van der Waals surface area (Å²) >= 11 is 0. The molecule has 30 heavy (non-hydrogen) atoms. The van der Waals surface area contributed by atoms with Gasteiger partial charge in [-0.2, -0.15) is 0 Å². The minimum absolute atomic E-state index is 0.0796. The number of amides is 3. The zero-order valence-corrected chi connectivity index (χ0v) is 17.5. The average molecular weight is 412 g/mol. The summed E-state index contributed by atoms with van der Waals surface area (Å²) in [5, 5.41) is 8.28. The van der Waals surface area contributed by atoms with E-state index < -0.39 is 6.04 Å². The lowest BCUT2D eigenvalue weighted by atomic mass is 9.83. The summed E-state index contributed by atoms with van der Waals surface area (Å²) in [5.41, 5.74) is 1.80. The monoisotopic (exact) mass is 411 g/mol. The van der Waals surface area contributed by atoms with Crippen molar-refractivity contribution in [1.29, 1.82) is 0 Å². The highest BCUT2D eigenvalue weighted by Gasteiger charge is 2.31. The summed E-state index contributed by atoms with van der Waals surface area (Å²) in [7, 11) is 1.59. The lowest BCUT2D eigenvalue weighted by Gasteiger charge is -2.29. The fraction of sp³-hybridized carbons (Fsp3) is 0.435. The number of furan rings is 1.